The first-order valence-electron chi connectivity index (χ1n) is 8.37. The van der Waals surface area contributed by atoms with Crippen LogP contribution in [0.2, 0.25) is 0 Å². The Balaban J connectivity index is 2.00. The standard InChI is InChI=1S/C18H20N2O5S2/c1-4-24-12-6-9-16(25-5-2)14(10-12)19-27(22,23)13-7-8-15-17(11-13)26-18(21)20(15)3/h6-11,19H,4-5H2,1-3H3. The molecule has 0 radical (unpaired) electrons. The Bertz CT molecular complexity index is 1130. The topological polar surface area (TPSA) is 86.6 Å². The van der Waals surface area contributed by atoms with Crippen LogP contribution in [0.3, 0.4) is 0 Å². The maximum atomic E-state index is 12.9. The third kappa shape index (κ3) is 3.93. The average Bonchev–Trinajstić information content (AvgIpc) is 2.91. The van der Waals surface area contributed by atoms with Gasteiger partial charge in [0.05, 0.1) is 34.0 Å². The number of benzene rings is 2. The Hall–Kier alpha value is -2.52. The molecule has 0 unspecified atom stereocenters. The quantitative estimate of drug-likeness (QED) is 0.649. The number of thiazole rings is 1. The first-order chi connectivity index (χ1) is 12.9. The maximum Gasteiger partial charge on any atom is 0.307 e. The molecule has 0 saturated heterocycles. The van der Waals surface area contributed by atoms with Crippen LogP contribution in [-0.4, -0.2) is 26.2 Å². The summed E-state index contributed by atoms with van der Waals surface area (Å²) < 4.78 is 41.4. The van der Waals surface area contributed by atoms with Gasteiger partial charge in [-0.25, -0.2) is 8.42 Å². The number of aromatic nitrogens is 1. The fourth-order valence-corrected chi connectivity index (χ4v) is 4.69. The van der Waals surface area contributed by atoms with Gasteiger partial charge in [0.1, 0.15) is 11.5 Å². The summed E-state index contributed by atoms with van der Waals surface area (Å²) in [6, 6.07) is 9.58. The Morgan fingerprint density at radius 2 is 1.81 bits per heavy atom. The molecule has 0 spiro atoms. The minimum atomic E-state index is -3.87. The smallest absolute Gasteiger partial charge is 0.307 e. The van der Waals surface area contributed by atoms with E-state index in [-0.39, 0.29) is 9.77 Å². The van der Waals surface area contributed by atoms with Gasteiger partial charge in [0, 0.05) is 13.1 Å². The van der Waals surface area contributed by atoms with Gasteiger partial charge < -0.3 is 14.0 Å². The normalized spacial score (nSPS) is 11.5. The molecular formula is C18H20N2O5S2. The fraction of sp³-hybridized carbons (Fsp3) is 0.278. The third-order valence-electron chi connectivity index (χ3n) is 3.88. The van der Waals surface area contributed by atoms with E-state index in [1.54, 1.807) is 31.3 Å². The SMILES string of the molecule is CCOc1ccc(OCC)c(NS(=O)(=O)c2ccc3c(c2)sc(=O)n3C)c1. The Morgan fingerprint density at radius 1 is 1.07 bits per heavy atom. The van der Waals surface area contributed by atoms with Crippen molar-refractivity contribution in [1.29, 1.82) is 0 Å². The van der Waals surface area contributed by atoms with Gasteiger partial charge >= 0.3 is 4.87 Å². The maximum absolute atomic E-state index is 12.9. The van der Waals surface area contributed by atoms with Crippen LogP contribution in [0.1, 0.15) is 13.8 Å². The Morgan fingerprint density at radius 3 is 2.52 bits per heavy atom. The predicted molar refractivity (Wildman–Crippen MR) is 107 cm³/mol. The summed E-state index contributed by atoms with van der Waals surface area (Å²) >= 11 is 1.01. The molecule has 3 aromatic rings. The van der Waals surface area contributed by atoms with E-state index in [4.69, 9.17) is 9.47 Å². The zero-order chi connectivity index (χ0) is 19.6. The average molecular weight is 409 g/mol. The van der Waals surface area contributed by atoms with E-state index in [1.165, 1.54) is 16.7 Å². The number of nitrogens with one attached hydrogen (secondary N) is 1. The second-order valence-corrected chi connectivity index (χ2v) is 8.36. The van der Waals surface area contributed by atoms with E-state index in [1.807, 2.05) is 13.8 Å². The van der Waals surface area contributed by atoms with Crippen molar-refractivity contribution in [2.24, 2.45) is 7.05 Å². The number of ether oxygens (including phenoxy) is 2. The molecule has 0 saturated carbocycles. The van der Waals surface area contributed by atoms with Gasteiger partial charge in [0.15, 0.2) is 0 Å². The molecule has 9 heteroatoms. The van der Waals surface area contributed by atoms with Gasteiger partial charge in [-0.1, -0.05) is 11.3 Å². The number of nitrogens with zero attached hydrogens (tertiary/aromatic N) is 1. The molecule has 0 fully saturated rings. The lowest BCUT2D eigenvalue weighted by Crippen LogP contribution is -2.14. The molecular weight excluding hydrogens is 388 g/mol. The summed E-state index contributed by atoms with van der Waals surface area (Å²) in [7, 11) is -2.22. The molecule has 27 heavy (non-hydrogen) atoms. The van der Waals surface area contributed by atoms with Crippen LogP contribution in [0.4, 0.5) is 5.69 Å². The molecule has 2 aromatic carbocycles. The highest BCUT2D eigenvalue weighted by Gasteiger charge is 2.19. The highest BCUT2D eigenvalue weighted by molar-refractivity contribution is 7.92. The van der Waals surface area contributed by atoms with Crippen LogP contribution >= 0.6 is 11.3 Å². The highest BCUT2D eigenvalue weighted by atomic mass is 32.2. The number of hydrogen-bond donors (Lipinski definition) is 1. The lowest BCUT2D eigenvalue weighted by Gasteiger charge is -2.14. The lowest BCUT2D eigenvalue weighted by molar-refractivity contribution is 0.332. The van der Waals surface area contributed by atoms with Gasteiger partial charge in [0.25, 0.3) is 10.0 Å². The summed E-state index contributed by atoms with van der Waals surface area (Å²) in [5.41, 5.74) is 0.987. The van der Waals surface area contributed by atoms with Crippen LogP contribution in [0, 0.1) is 0 Å². The van der Waals surface area contributed by atoms with Crippen molar-refractivity contribution >= 4 is 37.3 Å². The first kappa shape index (κ1) is 19.2. The predicted octanol–water partition coefficient (Wildman–Crippen LogP) is 3.20. The number of rotatable bonds is 7. The van der Waals surface area contributed by atoms with Gasteiger partial charge in [-0.3, -0.25) is 9.52 Å². The third-order valence-corrected chi connectivity index (χ3v) is 6.24. The minimum absolute atomic E-state index is 0.0705. The molecule has 1 heterocycles. The Kier molecular flexibility index (Phi) is 5.43. The van der Waals surface area contributed by atoms with Gasteiger partial charge in [0.2, 0.25) is 0 Å². The number of fused-ring (bicyclic) bond motifs is 1. The molecule has 0 aliphatic heterocycles. The molecule has 0 aliphatic rings. The molecule has 0 bridgehead atoms. The Labute approximate surface area is 161 Å². The second-order valence-electron chi connectivity index (χ2n) is 5.69. The molecule has 0 amide bonds. The number of hydrogen-bond acceptors (Lipinski definition) is 6. The molecule has 3 rings (SSSR count). The van der Waals surface area contributed by atoms with Crippen LogP contribution in [0.25, 0.3) is 10.2 Å². The summed E-state index contributed by atoms with van der Waals surface area (Å²) in [5.74, 6) is 0.949. The first-order valence-corrected chi connectivity index (χ1v) is 10.7. The molecule has 0 aliphatic carbocycles. The van der Waals surface area contributed by atoms with Crippen LogP contribution in [-0.2, 0) is 17.1 Å². The van der Waals surface area contributed by atoms with Crippen LogP contribution < -0.4 is 19.1 Å². The van der Waals surface area contributed by atoms with Crippen LogP contribution in [0.15, 0.2) is 46.1 Å². The van der Waals surface area contributed by atoms with Crippen molar-refractivity contribution in [3.05, 3.63) is 46.1 Å². The van der Waals surface area contributed by atoms with Crippen molar-refractivity contribution in [3.8, 4) is 11.5 Å². The minimum Gasteiger partial charge on any atom is -0.494 e. The van der Waals surface area contributed by atoms with Crippen molar-refractivity contribution < 1.29 is 17.9 Å². The molecule has 1 aromatic heterocycles. The summed E-state index contributed by atoms with van der Waals surface area (Å²) in [6.07, 6.45) is 0. The molecule has 7 nitrogen and oxygen atoms in total. The van der Waals surface area contributed by atoms with E-state index in [0.717, 1.165) is 11.3 Å². The molecule has 0 atom stereocenters. The molecule has 1 N–H and O–H groups in total. The lowest BCUT2D eigenvalue weighted by atomic mass is 10.3. The van der Waals surface area contributed by atoms with Crippen LogP contribution in [0.5, 0.6) is 11.5 Å². The van der Waals surface area contributed by atoms with Gasteiger partial charge in [-0.15, -0.1) is 0 Å². The number of sulfonamides is 1. The largest absolute Gasteiger partial charge is 0.494 e. The van der Waals surface area contributed by atoms with E-state index in [9.17, 15) is 13.2 Å². The number of aryl methyl sites for hydroxylation is 1. The van der Waals surface area contributed by atoms with Crippen molar-refractivity contribution in [3.63, 3.8) is 0 Å². The van der Waals surface area contributed by atoms with E-state index in [2.05, 4.69) is 4.72 Å². The van der Waals surface area contributed by atoms with E-state index >= 15 is 0 Å². The van der Waals surface area contributed by atoms with E-state index < -0.39 is 10.0 Å². The fourth-order valence-electron chi connectivity index (χ4n) is 2.61. The van der Waals surface area contributed by atoms with Crippen molar-refractivity contribution in [2.75, 3.05) is 17.9 Å². The summed E-state index contributed by atoms with van der Waals surface area (Å²) in [6.45, 7) is 4.52. The highest BCUT2D eigenvalue weighted by Crippen LogP contribution is 2.32. The van der Waals surface area contributed by atoms with Gasteiger partial charge in [-0.2, -0.15) is 0 Å². The molecule has 144 valence electrons. The summed E-state index contributed by atoms with van der Waals surface area (Å²) in [5, 5.41) is 0. The van der Waals surface area contributed by atoms with Crippen molar-refractivity contribution in [2.45, 2.75) is 18.7 Å². The zero-order valence-electron chi connectivity index (χ0n) is 15.2. The number of anilines is 1. The van der Waals surface area contributed by atoms with E-state index in [0.29, 0.717) is 40.6 Å². The zero-order valence-corrected chi connectivity index (χ0v) is 16.8. The summed E-state index contributed by atoms with van der Waals surface area (Å²) in [4.78, 5) is 11.7. The second kappa shape index (κ2) is 7.61. The van der Waals surface area contributed by atoms with Crippen molar-refractivity contribution in [1.82, 2.24) is 4.57 Å². The monoisotopic (exact) mass is 408 g/mol. The van der Waals surface area contributed by atoms with Gasteiger partial charge in [-0.05, 0) is 44.2 Å².